The molecule has 98 valence electrons. The van der Waals surface area contributed by atoms with E-state index in [0.717, 1.165) is 25.9 Å². The van der Waals surface area contributed by atoms with Crippen molar-refractivity contribution in [2.24, 2.45) is 0 Å². The van der Waals surface area contributed by atoms with Crippen molar-refractivity contribution in [3.8, 4) is 0 Å². The van der Waals surface area contributed by atoms with Crippen LogP contribution in [0.1, 0.15) is 36.2 Å². The van der Waals surface area contributed by atoms with Crippen molar-refractivity contribution in [2.45, 2.75) is 31.8 Å². The van der Waals surface area contributed by atoms with Crippen LogP contribution in [0.4, 0.5) is 5.82 Å². The van der Waals surface area contributed by atoms with Gasteiger partial charge in [-0.3, -0.25) is 4.79 Å². The second-order valence-corrected chi connectivity index (χ2v) is 4.38. The fourth-order valence-electron chi connectivity index (χ4n) is 1.94. The van der Waals surface area contributed by atoms with Crippen LogP contribution in [0.3, 0.4) is 0 Å². The highest BCUT2D eigenvalue weighted by molar-refractivity contribution is 5.92. The van der Waals surface area contributed by atoms with Crippen LogP contribution in [-0.2, 0) is 4.74 Å². The summed E-state index contributed by atoms with van der Waals surface area (Å²) in [6.07, 6.45) is 4.55. The highest BCUT2D eigenvalue weighted by Crippen LogP contribution is 2.14. The van der Waals surface area contributed by atoms with Gasteiger partial charge < -0.3 is 15.8 Å². The summed E-state index contributed by atoms with van der Waals surface area (Å²) in [7, 11) is 0. The molecule has 18 heavy (non-hydrogen) atoms. The number of nitrogen functional groups attached to an aromatic ring is 1. The fraction of sp³-hybridized carbons (Fsp3) is 0.583. The first kappa shape index (κ1) is 12.8. The molecule has 1 unspecified atom stereocenters. The van der Waals surface area contributed by atoms with Gasteiger partial charge in [0.25, 0.3) is 5.91 Å². The smallest absolute Gasteiger partial charge is 0.271 e. The van der Waals surface area contributed by atoms with Crippen LogP contribution >= 0.6 is 0 Å². The lowest BCUT2D eigenvalue weighted by atomic mass is 10.1. The van der Waals surface area contributed by atoms with E-state index in [0.29, 0.717) is 12.4 Å². The Kier molecular flexibility index (Phi) is 4.46. The molecular formula is C12H18N4O2. The van der Waals surface area contributed by atoms with Gasteiger partial charge in [-0.25, -0.2) is 0 Å². The van der Waals surface area contributed by atoms with Crippen LogP contribution in [0, 0.1) is 0 Å². The van der Waals surface area contributed by atoms with E-state index in [1.807, 2.05) is 0 Å². The van der Waals surface area contributed by atoms with E-state index < -0.39 is 0 Å². The topological polar surface area (TPSA) is 90.1 Å². The molecule has 2 heterocycles. The lowest BCUT2D eigenvalue weighted by Gasteiger charge is -2.22. The lowest BCUT2D eigenvalue weighted by molar-refractivity contribution is 0.0117. The summed E-state index contributed by atoms with van der Waals surface area (Å²) in [6.45, 7) is 1.43. The van der Waals surface area contributed by atoms with Gasteiger partial charge in [0.05, 0.1) is 6.10 Å². The van der Waals surface area contributed by atoms with E-state index >= 15 is 0 Å². The number of rotatable bonds is 4. The monoisotopic (exact) mass is 250 g/mol. The number of aromatic nitrogens is 2. The van der Waals surface area contributed by atoms with E-state index in [4.69, 9.17) is 10.5 Å². The van der Waals surface area contributed by atoms with Crippen LogP contribution in [0.25, 0.3) is 0 Å². The molecule has 1 aromatic heterocycles. The molecule has 0 aromatic carbocycles. The predicted molar refractivity (Wildman–Crippen MR) is 67.0 cm³/mol. The van der Waals surface area contributed by atoms with Gasteiger partial charge in [-0.1, -0.05) is 0 Å². The first-order chi connectivity index (χ1) is 8.75. The Balaban J connectivity index is 1.72. The third kappa shape index (κ3) is 3.66. The van der Waals surface area contributed by atoms with Crippen LogP contribution in [0.2, 0.25) is 0 Å². The molecule has 1 aliphatic heterocycles. The molecule has 1 saturated heterocycles. The van der Waals surface area contributed by atoms with Crippen molar-refractivity contribution in [1.29, 1.82) is 0 Å². The zero-order chi connectivity index (χ0) is 12.8. The van der Waals surface area contributed by atoms with Crippen molar-refractivity contribution >= 4 is 11.7 Å². The largest absolute Gasteiger partial charge is 0.382 e. The molecule has 0 saturated carbocycles. The highest BCUT2D eigenvalue weighted by Gasteiger charge is 2.14. The Labute approximate surface area is 106 Å². The molecule has 1 fully saturated rings. The lowest BCUT2D eigenvalue weighted by Crippen LogP contribution is -2.30. The Bertz CT molecular complexity index is 388. The molecular weight excluding hydrogens is 232 g/mol. The summed E-state index contributed by atoms with van der Waals surface area (Å²) < 4.78 is 5.59. The normalized spacial score (nSPS) is 19.4. The summed E-state index contributed by atoms with van der Waals surface area (Å²) in [5.74, 6) is 0.0838. The molecule has 0 bridgehead atoms. The summed E-state index contributed by atoms with van der Waals surface area (Å²) in [5.41, 5.74) is 5.69. The number of anilines is 1. The molecule has 1 aromatic rings. The third-order valence-electron chi connectivity index (χ3n) is 2.94. The van der Waals surface area contributed by atoms with Crippen molar-refractivity contribution in [3.63, 3.8) is 0 Å². The SMILES string of the molecule is Nc1ccc(C(=O)NCCC2CCCCO2)nn1. The number of carbonyl (C=O) groups is 1. The maximum Gasteiger partial charge on any atom is 0.271 e. The fourth-order valence-corrected chi connectivity index (χ4v) is 1.94. The average molecular weight is 250 g/mol. The first-order valence-electron chi connectivity index (χ1n) is 6.25. The van der Waals surface area contributed by atoms with Crippen molar-refractivity contribution < 1.29 is 9.53 Å². The van der Waals surface area contributed by atoms with Crippen molar-refractivity contribution in [3.05, 3.63) is 17.8 Å². The second-order valence-electron chi connectivity index (χ2n) is 4.38. The predicted octanol–water partition coefficient (Wildman–Crippen LogP) is 0.748. The summed E-state index contributed by atoms with van der Waals surface area (Å²) in [6, 6.07) is 3.13. The molecule has 1 atom stereocenters. The van der Waals surface area contributed by atoms with Crippen molar-refractivity contribution in [2.75, 3.05) is 18.9 Å². The summed E-state index contributed by atoms with van der Waals surface area (Å²) in [5, 5.41) is 10.2. The molecule has 1 amide bonds. The van der Waals surface area contributed by atoms with Crippen LogP contribution in [0.5, 0.6) is 0 Å². The number of carbonyl (C=O) groups excluding carboxylic acids is 1. The van der Waals surface area contributed by atoms with Crippen LogP contribution in [0.15, 0.2) is 12.1 Å². The van der Waals surface area contributed by atoms with Crippen LogP contribution < -0.4 is 11.1 Å². The van der Waals surface area contributed by atoms with Gasteiger partial charge in [0.2, 0.25) is 0 Å². The summed E-state index contributed by atoms with van der Waals surface area (Å²) in [4.78, 5) is 11.7. The van der Waals surface area contributed by atoms with Gasteiger partial charge in [0.15, 0.2) is 5.69 Å². The Morgan fingerprint density at radius 3 is 3.00 bits per heavy atom. The Morgan fingerprint density at radius 1 is 1.44 bits per heavy atom. The summed E-state index contributed by atoms with van der Waals surface area (Å²) >= 11 is 0. The number of nitrogens with two attached hydrogens (primary N) is 1. The van der Waals surface area contributed by atoms with Gasteiger partial charge in [-0.2, -0.15) is 0 Å². The van der Waals surface area contributed by atoms with Gasteiger partial charge in [0, 0.05) is 13.2 Å². The van der Waals surface area contributed by atoms with Gasteiger partial charge in [-0.05, 0) is 37.8 Å². The van der Waals surface area contributed by atoms with E-state index in [-0.39, 0.29) is 17.7 Å². The zero-order valence-corrected chi connectivity index (χ0v) is 10.3. The van der Waals surface area contributed by atoms with E-state index in [9.17, 15) is 4.79 Å². The number of hydrogen-bond acceptors (Lipinski definition) is 5. The van der Waals surface area contributed by atoms with Crippen LogP contribution in [-0.4, -0.2) is 35.4 Å². The van der Waals surface area contributed by atoms with Crippen molar-refractivity contribution in [1.82, 2.24) is 15.5 Å². The quantitative estimate of drug-likeness (QED) is 0.822. The number of amides is 1. The standard InChI is InChI=1S/C12H18N4O2/c13-11-5-4-10(15-16-11)12(17)14-7-6-9-3-1-2-8-18-9/h4-5,9H,1-3,6-8H2,(H2,13,16)(H,14,17). The number of hydrogen-bond donors (Lipinski definition) is 2. The maximum atomic E-state index is 11.7. The van der Waals surface area contributed by atoms with Gasteiger partial charge >= 0.3 is 0 Å². The molecule has 2 rings (SSSR count). The zero-order valence-electron chi connectivity index (χ0n) is 10.3. The van der Waals surface area contributed by atoms with E-state index in [1.165, 1.54) is 6.42 Å². The molecule has 6 heteroatoms. The molecule has 3 N–H and O–H groups in total. The highest BCUT2D eigenvalue weighted by atomic mass is 16.5. The Morgan fingerprint density at radius 2 is 2.33 bits per heavy atom. The number of ether oxygens (including phenoxy) is 1. The second kappa shape index (κ2) is 6.30. The third-order valence-corrected chi connectivity index (χ3v) is 2.94. The van der Waals surface area contributed by atoms with E-state index in [2.05, 4.69) is 15.5 Å². The molecule has 0 radical (unpaired) electrons. The molecule has 0 spiro atoms. The van der Waals surface area contributed by atoms with E-state index in [1.54, 1.807) is 12.1 Å². The number of nitrogens with zero attached hydrogens (tertiary/aromatic N) is 2. The minimum Gasteiger partial charge on any atom is -0.382 e. The Hall–Kier alpha value is -1.69. The first-order valence-corrected chi connectivity index (χ1v) is 6.25. The molecule has 6 nitrogen and oxygen atoms in total. The van der Waals surface area contributed by atoms with Gasteiger partial charge in [0.1, 0.15) is 5.82 Å². The minimum absolute atomic E-state index is 0.224. The molecule has 0 aliphatic carbocycles. The maximum absolute atomic E-state index is 11.7. The average Bonchev–Trinajstić information content (AvgIpc) is 2.40. The van der Waals surface area contributed by atoms with Gasteiger partial charge in [-0.15, -0.1) is 10.2 Å². The minimum atomic E-state index is -0.224. The molecule has 1 aliphatic rings. The number of nitrogens with one attached hydrogen (secondary N) is 1.